The average Bonchev–Trinajstić information content (AvgIpc) is 1.93. The molecule has 0 amide bonds. The molecule has 10 heavy (non-hydrogen) atoms. The number of allylic oxidation sites excluding steroid dienone is 2. The maximum Gasteiger partial charge on any atom is 0.138 e. The van der Waals surface area contributed by atoms with Gasteiger partial charge in [-0.3, -0.25) is 0 Å². The van der Waals surface area contributed by atoms with Gasteiger partial charge in [-0.25, -0.2) is 8.78 Å². The van der Waals surface area contributed by atoms with E-state index in [1.54, 1.807) is 26.0 Å². The van der Waals surface area contributed by atoms with Crippen LogP contribution in [0, 0.1) is 11.8 Å². The molecule has 0 saturated carbocycles. The highest BCUT2D eigenvalue weighted by Crippen LogP contribution is 2.27. The Labute approximate surface area is 59.9 Å². The van der Waals surface area contributed by atoms with Gasteiger partial charge in [0.05, 0.1) is 0 Å². The molecule has 4 unspecified atom stereocenters. The van der Waals surface area contributed by atoms with E-state index in [0.29, 0.717) is 0 Å². The molecule has 0 radical (unpaired) electrons. The summed E-state index contributed by atoms with van der Waals surface area (Å²) < 4.78 is 25.6. The lowest BCUT2D eigenvalue weighted by atomic mass is 9.87. The van der Waals surface area contributed by atoms with Gasteiger partial charge >= 0.3 is 0 Å². The Kier molecular flexibility index (Phi) is 2.07. The van der Waals surface area contributed by atoms with E-state index < -0.39 is 12.3 Å². The fraction of sp³-hybridized carbons (Fsp3) is 0.750. The summed E-state index contributed by atoms with van der Waals surface area (Å²) in [6, 6.07) is 0. The maximum absolute atomic E-state index is 12.8. The van der Waals surface area contributed by atoms with Gasteiger partial charge in [-0.2, -0.15) is 0 Å². The van der Waals surface area contributed by atoms with Crippen molar-refractivity contribution in [2.75, 3.05) is 0 Å². The zero-order valence-corrected chi connectivity index (χ0v) is 6.22. The third-order valence-corrected chi connectivity index (χ3v) is 2.03. The summed E-state index contributed by atoms with van der Waals surface area (Å²) in [5.74, 6) is -0.516. The first-order valence-corrected chi connectivity index (χ1v) is 3.59. The minimum absolute atomic E-state index is 0.258. The van der Waals surface area contributed by atoms with Gasteiger partial charge in [-0.15, -0.1) is 0 Å². The lowest BCUT2D eigenvalue weighted by Gasteiger charge is -2.25. The van der Waals surface area contributed by atoms with Crippen molar-refractivity contribution in [3.05, 3.63) is 12.2 Å². The molecular formula is C8H12F2. The van der Waals surface area contributed by atoms with E-state index in [4.69, 9.17) is 0 Å². The summed E-state index contributed by atoms with van der Waals surface area (Å²) in [5.41, 5.74) is 0. The maximum atomic E-state index is 12.8. The van der Waals surface area contributed by atoms with Crippen LogP contribution in [0.4, 0.5) is 8.78 Å². The topological polar surface area (TPSA) is 0 Å². The van der Waals surface area contributed by atoms with Gasteiger partial charge in [-0.1, -0.05) is 26.0 Å². The van der Waals surface area contributed by atoms with Crippen LogP contribution in [0.1, 0.15) is 13.8 Å². The molecule has 0 N–H and O–H groups in total. The van der Waals surface area contributed by atoms with E-state index in [1.807, 2.05) is 0 Å². The molecule has 0 aromatic rings. The van der Waals surface area contributed by atoms with Gasteiger partial charge < -0.3 is 0 Å². The van der Waals surface area contributed by atoms with E-state index in [-0.39, 0.29) is 11.8 Å². The van der Waals surface area contributed by atoms with E-state index >= 15 is 0 Å². The number of hydrogen-bond donors (Lipinski definition) is 0. The number of alkyl halides is 2. The molecule has 0 aromatic carbocycles. The highest BCUT2D eigenvalue weighted by Gasteiger charge is 2.31. The molecule has 1 aliphatic rings. The summed E-state index contributed by atoms with van der Waals surface area (Å²) in [6.45, 7) is 3.39. The zero-order valence-electron chi connectivity index (χ0n) is 6.22. The number of hydrogen-bond acceptors (Lipinski definition) is 0. The smallest absolute Gasteiger partial charge is 0.138 e. The van der Waals surface area contributed by atoms with Crippen molar-refractivity contribution in [2.24, 2.45) is 11.8 Å². The molecule has 0 aromatic heterocycles. The predicted octanol–water partition coefficient (Wildman–Crippen LogP) is 2.50. The van der Waals surface area contributed by atoms with Gasteiger partial charge in [0.2, 0.25) is 0 Å². The SMILES string of the molecule is CC1C=CC(C)C(F)C1F. The fourth-order valence-corrected chi connectivity index (χ4v) is 1.14. The van der Waals surface area contributed by atoms with Crippen molar-refractivity contribution in [3.8, 4) is 0 Å². The van der Waals surface area contributed by atoms with E-state index in [1.165, 1.54) is 0 Å². The number of halogens is 2. The Hall–Kier alpha value is -0.400. The molecule has 0 fully saturated rings. The third-order valence-electron chi connectivity index (χ3n) is 2.03. The molecule has 0 saturated heterocycles. The normalized spacial score (nSPS) is 47.6. The second-order valence-corrected chi connectivity index (χ2v) is 2.99. The van der Waals surface area contributed by atoms with Crippen LogP contribution in [0.25, 0.3) is 0 Å². The van der Waals surface area contributed by atoms with Crippen LogP contribution < -0.4 is 0 Å². The summed E-state index contributed by atoms with van der Waals surface area (Å²) in [6.07, 6.45) is 0.872. The van der Waals surface area contributed by atoms with Crippen LogP contribution in [-0.4, -0.2) is 12.3 Å². The molecule has 0 bridgehead atoms. The monoisotopic (exact) mass is 146 g/mol. The van der Waals surface area contributed by atoms with Gasteiger partial charge in [0.1, 0.15) is 12.3 Å². The molecule has 0 aliphatic heterocycles. The average molecular weight is 146 g/mol. The molecule has 4 atom stereocenters. The molecule has 0 nitrogen and oxygen atoms in total. The van der Waals surface area contributed by atoms with Gasteiger partial charge in [-0.05, 0) is 0 Å². The number of rotatable bonds is 0. The van der Waals surface area contributed by atoms with E-state index in [2.05, 4.69) is 0 Å². The van der Waals surface area contributed by atoms with Crippen molar-refractivity contribution >= 4 is 0 Å². The van der Waals surface area contributed by atoms with Crippen LogP contribution >= 0.6 is 0 Å². The van der Waals surface area contributed by atoms with Crippen LogP contribution in [0.15, 0.2) is 12.2 Å². The first kappa shape index (κ1) is 7.70. The molecule has 1 aliphatic carbocycles. The fourth-order valence-electron chi connectivity index (χ4n) is 1.14. The molecule has 2 heteroatoms. The molecule has 1 rings (SSSR count). The highest BCUT2D eigenvalue weighted by molar-refractivity contribution is 5.03. The zero-order chi connectivity index (χ0) is 7.72. The lowest BCUT2D eigenvalue weighted by Crippen LogP contribution is -2.31. The Balaban J connectivity index is 2.69. The second-order valence-electron chi connectivity index (χ2n) is 2.99. The molecule has 58 valence electrons. The highest BCUT2D eigenvalue weighted by atomic mass is 19.2. The van der Waals surface area contributed by atoms with Crippen LogP contribution in [0.5, 0.6) is 0 Å². The predicted molar refractivity (Wildman–Crippen MR) is 37.3 cm³/mol. The Morgan fingerprint density at radius 3 is 1.50 bits per heavy atom. The minimum atomic E-state index is -1.31. The van der Waals surface area contributed by atoms with Crippen molar-refractivity contribution in [1.82, 2.24) is 0 Å². The third kappa shape index (κ3) is 1.20. The quantitative estimate of drug-likeness (QED) is 0.460. The minimum Gasteiger partial charge on any atom is -0.244 e. The first-order valence-electron chi connectivity index (χ1n) is 3.59. The summed E-state index contributed by atoms with van der Waals surface area (Å²) in [5, 5.41) is 0. The summed E-state index contributed by atoms with van der Waals surface area (Å²) in [4.78, 5) is 0. The summed E-state index contributed by atoms with van der Waals surface area (Å²) in [7, 11) is 0. The van der Waals surface area contributed by atoms with Crippen LogP contribution in [0.3, 0.4) is 0 Å². The van der Waals surface area contributed by atoms with Crippen molar-refractivity contribution in [2.45, 2.75) is 26.2 Å². The Morgan fingerprint density at radius 2 is 1.20 bits per heavy atom. The Morgan fingerprint density at radius 1 is 0.900 bits per heavy atom. The van der Waals surface area contributed by atoms with Crippen molar-refractivity contribution in [3.63, 3.8) is 0 Å². The van der Waals surface area contributed by atoms with Crippen LogP contribution in [0.2, 0.25) is 0 Å². The standard InChI is InChI=1S/C8H12F2/c1-5-3-4-6(2)8(10)7(5)9/h3-8H,1-2H3. The first-order chi connectivity index (χ1) is 4.63. The largest absolute Gasteiger partial charge is 0.244 e. The van der Waals surface area contributed by atoms with Crippen molar-refractivity contribution in [1.29, 1.82) is 0 Å². The summed E-state index contributed by atoms with van der Waals surface area (Å²) >= 11 is 0. The van der Waals surface area contributed by atoms with Crippen molar-refractivity contribution < 1.29 is 8.78 Å². The molecular weight excluding hydrogens is 134 g/mol. The van der Waals surface area contributed by atoms with E-state index in [9.17, 15) is 8.78 Å². The van der Waals surface area contributed by atoms with Gasteiger partial charge in [0, 0.05) is 11.8 Å². The lowest BCUT2D eigenvalue weighted by molar-refractivity contribution is 0.0981. The Bertz CT molecular complexity index is 126. The molecule has 0 spiro atoms. The van der Waals surface area contributed by atoms with Crippen LogP contribution in [-0.2, 0) is 0 Å². The van der Waals surface area contributed by atoms with Gasteiger partial charge in [0.25, 0.3) is 0 Å². The van der Waals surface area contributed by atoms with Gasteiger partial charge in [0.15, 0.2) is 0 Å². The molecule has 0 heterocycles. The second kappa shape index (κ2) is 2.69. The van der Waals surface area contributed by atoms with E-state index in [0.717, 1.165) is 0 Å².